The van der Waals surface area contributed by atoms with Gasteiger partial charge in [0.1, 0.15) is 0 Å². The van der Waals surface area contributed by atoms with Gasteiger partial charge in [-0.1, -0.05) is 0 Å². The molecule has 96 valence electrons. The average Bonchev–Trinajstić information content (AvgIpc) is 1.98. The number of hydrogen-bond acceptors (Lipinski definition) is 3. The lowest BCUT2D eigenvalue weighted by atomic mass is 10.6. The molecule has 0 atom stereocenters. The molecule has 5 heteroatoms. The van der Waals surface area contributed by atoms with E-state index in [1.54, 1.807) is 0 Å². The molecule has 0 fully saturated rings. The second kappa shape index (κ2) is 7.07. The summed E-state index contributed by atoms with van der Waals surface area (Å²) in [6.07, 6.45) is 9.49. The molecule has 0 heterocycles. The highest BCUT2D eigenvalue weighted by Gasteiger charge is 2.01. The summed E-state index contributed by atoms with van der Waals surface area (Å²) in [7, 11) is -3.61. The number of thiol groups is 2. The Morgan fingerprint density at radius 1 is 0.800 bits per heavy atom. The molecule has 0 rings (SSSR count). The zero-order valence-electron chi connectivity index (χ0n) is 10.4. The van der Waals surface area contributed by atoms with Crippen LogP contribution in [0.3, 0.4) is 0 Å². The number of thioether (sulfide) groups is 1. The lowest BCUT2D eigenvalue weighted by Gasteiger charge is -2.12. The highest BCUT2D eigenvalue weighted by molar-refractivity contribution is 8.02. The van der Waals surface area contributed by atoms with Crippen LogP contribution in [0.1, 0.15) is 12.8 Å². The van der Waals surface area contributed by atoms with Gasteiger partial charge in [0.05, 0.1) is 0 Å². The van der Waals surface area contributed by atoms with Crippen LogP contribution >= 0.6 is 11.8 Å². The van der Waals surface area contributed by atoms with Gasteiger partial charge in [-0.2, -0.15) is 11.8 Å². The Kier molecular flexibility index (Phi) is 7.38. The van der Waals surface area contributed by atoms with Gasteiger partial charge in [0.25, 0.3) is 0 Å². The third-order valence-corrected chi connectivity index (χ3v) is 5.91. The molecule has 0 aliphatic heterocycles. The normalized spacial score (nSPS) is 15.2. The van der Waals surface area contributed by atoms with E-state index in [1.165, 1.54) is 0 Å². The summed E-state index contributed by atoms with van der Waals surface area (Å²) < 4.78 is 22.8. The van der Waals surface area contributed by atoms with E-state index in [0.717, 1.165) is 35.9 Å². The van der Waals surface area contributed by atoms with E-state index < -0.39 is 19.9 Å². The van der Waals surface area contributed by atoms with Gasteiger partial charge < -0.3 is 0 Å². The first-order chi connectivity index (χ1) is 6.71. The summed E-state index contributed by atoms with van der Waals surface area (Å²) in [5, 5.41) is 0. The average molecular weight is 275 g/mol. The number of hydrogen-bond donors (Lipinski definition) is 2. The SMILES string of the molecule is C[SH](C)(=O)CCCSCCC[SH](C)(C)=O. The van der Waals surface area contributed by atoms with Crippen molar-refractivity contribution >= 4 is 31.6 Å². The van der Waals surface area contributed by atoms with Crippen LogP contribution in [0.2, 0.25) is 0 Å². The van der Waals surface area contributed by atoms with Crippen molar-refractivity contribution in [2.45, 2.75) is 12.8 Å². The Morgan fingerprint density at radius 2 is 1.13 bits per heavy atom. The zero-order chi connectivity index (χ0) is 11.9. The molecule has 0 spiro atoms. The molecule has 2 nitrogen and oxygen atoms in total. The van der Waals surface area contributed by atoms with Crippen molar-refractivity contribution in [2.75, 3.05) is 48.0 Å². The summed E-state index contributed by atoms with van der Waals surface area (Å²) in [5.74, 6) is 3.90. The Hall–Kier alpha value is 0.650. The maximum atomic E-state index is 11.4. The summed E-state index contributed by atoms with van der Waals surface area (Å²) in [5.41, 5.74) is 0. The van der Waals surface area contributed by atoms with Crippen LogP contribution in [0, 0.1) is 0 Å². The highest BCUT2D eigenvalue weighted by atomic mass is 32.2. The topological polar surface area (TPSA) is 34.1 Å². The molecule has 0 saturated carbocycles. The quantitative estimate of drug-likeness (QED) is 0.513. The highest BCUT2D eigenvalue weighted by Crippen LogP contribution is 2.08. The lowest BCUT2D eigenvalue weighted by molar-refractivity contribution is 0.676. The van der Waals surface area contributed by atoms with E-state index in [0.29, 0.717) is 0 Å². The van der Waals surface area contributed by atoms with E-state index in [1.807, 2.05) is 36.8 Å². The standard InChI is InChI=1S/C10H26O2S3/c1-14(2,11)9-5-7-13-8-6-10-15(3,4)12/h14-15H,5-10H2,1-4H3. The molecule has 0 aromatic carbocycles. The van der Waals surface area contributed by atoms with Crippen LogP contribution in [-0.2, 0) is 19.9 Å². The predicted octanol–water partition coefficient (Wildman–Crippen LogP) is 1.05. The van der Waals surface area contributed by atoms with E-state index in [9.17, 15) is 8.42 Å². The largest absolute Gasteiger partial charge is 0.285 e. The van der Waals surface area contributed by atoms with Gasteiger partial charge in [0, 0.05) is 11.5 Å². The molecular formula is C10H26O2S3. The monoisotopic (exact) mass is 274 g/mol. The molecule has 15 heavy (non-hydrogen) atoms. The summed E-state index contributed by atoms with van der Waals surface area (Å²) >= 11 is 1.89. The first-order valence-corrected chi connectivity index (χ1v) is 12.1. The molecule has 0 aliphatic rings. The number of rotatable bonds is 8. The molecular weight excluding hydrogens is 248 g/mol. The van der Waals surface area contributed by atoms with Gasteiger partial charge in [0.15, 0.2) is 0 Å². The van der Waals surface area contributed by atoms with Gasteiger partial charge in [-0.15, -0.1) is 19.9 Å². The predicted molar refractivity (Wildman–Crippen MR) is 79.1 cm³/mol. The minimum absolute atomic E-state index is 0.861. The maximum absolute atomic E-state index is 11.4. The first-order valence-electron chi connectivity index (χ1n) is 5.36. The van der Waals surface area contributed by atoms with Crippen molar-refractivity contribution < 1.29 is 8.42 Å². The van der Waals surface area contributed by atoms with Crippen molar-refractivity contribution in [2.24, 2.45) is 0 Å². The van der Waals surface area contributed by atoms with E-state index in [4.69, 9.17) is 0 Å². The van der Waals surface area contributed by atoms with E-state index >= 15 is 0 Å². The molecule has 0 amide bonds. The van der Waals surface area contributed by atoms with Crippen molar-refractivity contribution in [1.82, 2.24) is 0 Å². The fourth-order valence-corrected chi connectivity index (χ4v) is 4.37. The molecule has 0 aromatic rings. The zero-order valence-corrected chi connectivity index (χ0v) is 13.0. The third kappa shape index (κ3) is 14.7. The van der Waals surface area contributed by atoms with Gasteiger partial charge in [0.2, 0.25) is 0 Å². The van der Waals surface area contributed by atoms with Gasteiger partial charge in [-0.05, 0) is 49.4 Å². The molecule has 0 aliphatic carbocycles. The van der Waals surface area contributed by atoms with Gasteiger partial charge >= 0.3 is 0 Å². The molecule has 0 unspecified atom stereocenters. The Morgan fingerprint density at radius 3 is 1.40 bits per heavy atom. The van der Waals surface area contributed by atoms with Gasteiger partial charge in [-0.3, -0.25) is 8.42 Å². The fraction of sp³-hybridized carbons (Fsp3) is 1.00. The van der Waals surface area contributed by atoms with E-state index in [2.05, 4.69) is 0 Å². The fourth-order valence-electron chi connectivity index (χ4n) is 1.20. The van der Waals surface area contributed by atoms with Crippen LogP contribution in [0.4, 0.5) is 0 Å². The third-order valence-electron chi connectivity index (χ3n) is 1.97. The molecule has 0 bridgehead atoms. The van der Waals surface area contributed by atoms with Crippen LogP contribution < -0.4 is 0 Å². The van der Waals surface area contributed by atoms with Crippen LogP contribution in [0.5, 0.6) is 0 Å². The van der Waals surface area contributed by atoms with Crippen molar-refractivity contribution in [3.63, 3.8) is 0 Å². The smallest absolute Gasteiger partial charge is 0.00155 e. The maximum Gasteiger partial charge on any atom is 0.00155 e. The first kappa shape index (κ1) is 15.7. The summed E-state index contributed by atoms with van der Waals surface area (Å²) in [6, 6.07) is 0. The van der Waals surface area contributed by atoms with Gasteiger partial charge in [-0.25, -0.2) is 0 Å². The molecule has 0 aromatic heterocycles. The van der Waals surface area contributed by atoms with Crippen LogP contribution in [-0.4, -0.2) is 56.5 Å². The Balaban J connectivity index is 3.27. The Bertz CT molecular complexity index is 225. The summed E-state index contributed by atoms with van der Waals surface area (Å²) in [4.78, 5) is 0. The minimum Gasteiger partial charge on any atom is -0.285 e. The van der Waals surface area contributed by atoms with Crippen molar-refractivity contribution in [1.29, 1.82) is 0 Å². The second-order valence-corrected chi connectivity index (χ2v) is 13.3. The molecule has 0 saturated heterocycles. The summed E-state index contributed by atoms with van der Waals surface area (Å²) in [6.45, 7) is 0. The lowest BCUT2D eigenvalue weighted by Crippen LogP contribution is -2.13. The van der Waals surface area contributed by atoms with Crippen LogP contribution in [0.25, 0.3) is 0 Å². The van der Waals surface area contributed by atoms with E-state index in [-0.39, 0.29) is 0 Å². The van der Waals surface area contributed by atoms with Crippen molar-refractivity contribution in [3.8, 4) is 0 Å². The molecule has 0 N–H and O–H groups in total. The minimum atomic E-state index is -1.81. The van der Waals surface area contributed by atoms with Crippen LogP contribution in [0.15, 0.2) is 0 Å². The van der Waals surface area contributed by atoms with Crippen molar-refractivity contribution in [3.05, 3.63) is 0 Å². The molecule has 0 radical (unpaired) electrons. The Labute approximate surface area is 101 Å². The second-order valence-electron chi connectivity index (χ2n) is 4.91.